The molecule has 0 aliphatic heterocycles. The fraction of sp³-hybridized carbons (Fsp3) is 0.304. The standard InChI is InChI=1S/C23H21Cl2NO4/c1-12-15-6-7-18(24)20(25)17(15)10-16(12)21(28)26-19(11-27)13-2-4-14(5-3-13)23(8-9-23)22(29)30/h2-7,10,12,19,27H,8-9,11H2,1H3,(H,26,28)(H,29,30)/t12?,19-/m1/s1. The lowest BCUT2D eigenvalue weighted by Gasteiger charge is -2.20. The van der Waals surface area contributed by atoms with Crippen molar-refractivity contribution < 1.29 is 19.8 Å². The molecule has 2 aliphatic carbocycles. The molecule has 0 saturated heterocycles. The number of hydrogen-bond donors (Lipinski definition) is 3. The number of aliphatic hydroxyl groups is 1. The maximum Gasteiger partial charge on any atom is 0.314 e. The molecule has 7 heteroatoms. The van der Waals surface area contributed by atoms with Gasteiger partial charge in [0.1, 0.15) is 0 Å². The van der Waals surface area contributed by atoms with Gasteiger partial charge in [-0.25, -0.2) is 0 Å². The SMILES string of the molecule is CC1C(C(=O)N[C@H](CO)c2ccc(C3(C(=O)O)CC3)cc2)=Cc2c1ccc(Cl)c2Cl. The van der Waals surface area contributed by atoms with Crippen LogP contribution in [0.5, 0.6) is 0 Å². The van der Waals surface area contributed by atoms with Crippen molar-refractivity contribution in [3.8, 4) is 0 Å². The first-order valence-electron chi connectivity index (χ1n) is 9.73. The van der Waals surface area contributed by atoms with Crippen LogP contribution in [-0.4, -0.2) is 28.7 Å². The molecule has 5 nitrogen and oxygen atoms in total. The summed E-state index contributed by atoms with van der Waals surface area (Å²) in [6.45, 7) is 1.64. The van der Waals surface area contributed by atoms with Crippen molar-refractivity contribution in [3.05, 3.63) is 74.3 Å². The zero-order valence-corrected chi connectivity index (χ0v) is 17.8. The maximum atomic E-state index is 12.9. The van der Waals surface area contributed by atoms with Crippen LogP contribution in [0.25, 0.3) is 6.08 Å². The van der Waals surface area contributed by atoms with Crippen molar-refractivity contribution in [2.24, 2.45) is 0 Å². The Morgan fingerprint density at radius 1 is 1.17 bits per heavy atom. The van der Waals surface area contributed by atoms with Gasteiger partial charge in [0, 0.05) is 11.5 Å². The molecule has 4 rings (SSSR count). The number of rotatable bonds is 6. The second-order valence-corrected chi connectivity index (χ2v) is 8.69. The third kappa shape index (κ3) is 3.41. The Balaban J connectivity index is 1.52. The van der Waals surface area contributed by atoms with E-state index in [-0.39, 0.29) is 18.4 Å². The van der Waals surface area contributed by atoms with Crippen LogP contribution < -0.4 is 5.32 Å². The van der Waals surface area contributed by atoms with E-state index in [0.717, 1.165) is 16.7 Å². The molecule has 1 saturated carbocycles. The number of carboxylic acid groups (broad SMARTS) is 1. The van der Waals surface area contributed by atoms with Crippen LogP contribution in [-0.2, 0) is 15.0 Å². The summed E-state index contributed by atoms with van der Waals surface area (Å²) < 4.78 is 0. The van der Waals surface area contributed by atoms with Crippen molar-refractivity contribution in [2.45, 2.75) is 37.1 Å². The fourth-order valence-electron chi connectivity index (χ4n) is 4.08. The molecular weight excluding hydrogens is 425 g/mol. The first-order chi connectivity index (χ1) is 14.3. The minimum atomic E-state index is -0.817. The monoisotopic (exact) mass is 445 g/mol. The molecule has 1 amide bonds. The van der Waals surface area contributed by atoms with Gasteiger partial charge in [-0.2, -0.15) is 0 Å². The predicted octanol–water partition coefficient (Wildman–Crippen LogP) is 4.46. The fourth-order valence-corrected chi connectivity index (χ4v) is 4.47. The first kappa shape index (κ1) is 20.9. The van der Waals surface area contributed by atoms with Crippen LogP contribution >= 0.6 is 23.2 Å². The van der Waals surface area contributed by atoms with E-state index in [1.165, 1.54) is 0 Å². The molecule has 0 bridgehead atoms. The Morgan fingerprint density at radius 2 is 1.83 bits per heavy atom. The lowest BCUT2D eigenvalue weighted by molar-refractivity contribution is -0.140. The second kappa shape index (κ2) is 7.73. The molecule has 2 atom stereocenters. The minimum Gasteiger partial charge on any atom is -0.481 e. The van der Waals surface area contributed by atoms with Gasteiger partial charge in [0.25, 0.3) is 0 Å². The van der Waals surface area contributed by atoms with Crippen molar-refractivity contribution in [2.75, 3.05) is 6.61 Å². The van der Waals surface area contributed by atoms with Crippen LogP contribution in [0.1, 0.15) is 54.0 Å². The van der Waals surface area contributed by atoms with E-state index in [2.05, 4.69) is 5.32 Å². The van der Waals surface area contributed by atoms with Gasteiger partial charge in [-0.1, -0.05) is 60.5 Å². The van der Waals surface area contributed by atoms with Gasteiger partial charge in [-0.15, -0.1) is 0 Å². The average molecular weight is 446 g/mol. The summed E-state index contributed by atoms with van der Waals surface area (Å²) in [4.78, 5) is 24.4. The van der Waals surface area contributed by atoms with E-state index in [0.29, 0.717) is 34.0 Å². The molecule has 3 N–H and O–H groups in total. The number of aliphatic hydroxyl groups excluding tert-OH is 1. The third-order valence-corrected chi connectivity index (χ3v) is 6.99. The van der Waals surface area contributed by atoms with Gasteiger partial charge in [-0.05, 0) is 47.2 Å². The van der Waals surface area contributed by atoms with Crippen molar-refractivity contribution in [1.29, 1.82) is 0 Å². The number of carboxylic acids is 1. The van der Waals surface area contributed by atoms with Gasteiger partial charge in [0.05, 0.1) is 28.1 Å². The molecule has 2 aromatic carbocycles. The predicted molar refractivity (Wildman–Crippen MR) is 116 cm³/mol. The summed E-state index contributed by atoms with van der Waals surface area (Å²) >= 11 is 12.4. The molecular formula is C23H21Cl2NO4. The number of carbonyl (C=O) groups is 2. The van der Waals surface area contributed by atoms with Gasteiger partial charge >= 0.3 is 5.97 Å². The van der Waals surface area contributed by atoms with Crippen LogP contribution in [0.15, 0.2) is 42.0 Å². The summed E-state index contributed by atoms with van der Waals surface area (Å²) in [5, 5.41) is 23.0. The van der Waals surface area contributed by atoms with E-state index in [9.17, 15) is 19.8 Å². The number of fused-ring (bicyclic) bond motifs is 1. The van der Waals surface area contributed by atoms with Crippen molar-refractivity contribution in [3.63, 3.8) is 0 Å². The maximum absolute atomic E-state index is 12.9. The number of nitrogens with one attached hydrogen (secondary N) is 1. The molecule has 1 fully saturated rings. The number of carbonyl (C=O) groups excluding carboxylic acids is 1. The van der Waals surface area contributed by atoms with Crippen LogP contribution in [0.3, 0.4) is 0 Å². The smallest absolute Gasteiger partial charge is 0.314 e. The van der Waals surface area contributed by atoms with E-state index in [1.54, 1.807) is 36.4 Å². The zero-order valence-electron chi connectivity index (χ0n) is 16.3. The molecule has 1 unspecified atom stereocenters. The van der Waals surface area contributed by atoms with Gasteiger partial charge in [-0.3, -0.25) is 9.59 Å². The molecule has 0 heterocycles. The lowest BCUT2D eigenvalue weighted by Crippen LogP contribution is -2.32. The highest BCUT2D eigenvalue weighted by Crippen LogP contribution is 2.48. The summed E-state index contributed by atoms with van der Waals surface area (Å²) in [5.74, 6) is -1.26. The molecule has 0 radical (unpaired) electrons. The van der Waals surface area contributed by atoms with E-state index >= 15 is 0 Å². The first-order valence-corrected chi connectivity index (χ1v) is 10.5. The number of halogens is 2. The topological polar surface area (TPSA) is 86.6 Å². The van der Waals surface area contributed by atoms with E-state index in [4.69, 9.17) is 23.2 Å². The lowest BCUT2D eigenvalue weighted by atomic mass is 9.93. The van der Waals surface area contributed by atoms with Gasteiger partial charge < -0.3 is 15.5 Å². The Hall–Kier alpha value is -2.34. The molecule has 2 aliphatic rings. The highest BCUT2D eigenvalue weighted by Gasteiger charge is 2.51. The molecule has 2 aromatic rings. The second-order valence-electron chi connectivity index (χ2n) is 7.90. The quantitative estimate of drug-likeness (QED) is 0.612. The highest BCUT2D eigenvalue weighted by atomic mass is 35.5. The molecule has 30 heavy (non-hydrogen) atoms. The van der Waals surface area contributed by atoms with E-state index in [1.807, 2.05) is 13.0 Å². The molecule has 156 valence electrons. The molecule has 0 aromatic heterocycles. The van der Waals surface area contributed by atoms with E-state index < -0.39 is 17.4 Å². The van der Waals surface area contributed by atoms with Gasteiger partial charge in [0.15, 0.2) is 0 Å². The normalized spacial score (nSPS) is 19.6. The van der Waals surface area contributed by atoms with Gasteiger partial charge in [0.2, 0.25) is 5.91 Å². The van der Waals surface area contributed by atoms with Crippen molar-refractivity contribution >= 4 is 41.2 Å². The van der Waals surface area contributed by atoms with Crippen molar-refractivity contribution in [1.82, 2.24) is 5.32 Å². The number of aliphatic carboxylic acids is 1. The summed E-state index contributed by atoms with van der Waals surface area (Å²) in [6.07, 6.45) is 2.99. The largest absolute Gasteiger partial charge is 0.481 e. The average Bonchev–Trinajstić information content (AvgIpc) is 3.48. The third-order valence-electron chi connectivity index (χ3n) is 6.17. The Labute approximate surface area is 184 Å². The number of benzene rings is 2. The summed E-state index contributed by atoms with van der Waals surface area (Å²) in [5.41, 5.74) is 2.90. The number of amides is 1. The Morgan fingerprint density at radius 3 is 2.40 bits per heavy atom. The van der Waals surface area contributed by atoms with Crippen LogP contribution in [0, 0.1) is 0 Å². The zero-order chi connectivity index (χ0) is 21.6. The number of hydrogen-bond acceptors (Lipinski definition) is 3. The minimum absolute atomic E-state index is 0.151. The van der Waals surface area contributed by atoms with Crippen LogP contribution in [0.2, 0.25) is 10.0 Å². The molecule has 0 spiro atoms. The summed E-state index contributed by atoms with van der Waals surface area (Å²) in [6, 6.07) is 10.0. The highest BCUT2D eigenvalue weighted by molar-refractivity contribution is 6.43. The summed E-state index contributed by atoms with van der Waals surface area (Å²) in [7, 11) is 0. The Kier molecular flexibility index (Phi) is 5.39. The Bertz CT molecular complexity index is 1060. The van der Waals surface area contributed by atoms with Crippen LogP contribution in [0.4, 0.5) is 0 Å².